The molecule has 128 valence electrons. The molecule has 0 aliphatic rings. The molecule has 0 saturated carbocycles. The molecule has 4 nitrogen and oxygen atoms in total. The normalized spacial score (nSPS) is 9.65. The third kappa shape index (κ3) is 7.31. The molecule has 2 aromatic rings. The first-order valence-corrected chi connectivity index (χ1v) is 8.05. The Morgan fingerprint density at radius 2 is 1.96 bits per heavy atom. The van der Waals surface area contributed by atoms with E-state index in [-0.39, 0.29) is 30.7 Å². The van der Waals surface area contributed by atoms with Crippen molar-refractivity contribution < 1.29 is 4.79 Å². The van der Waals surface area contributed by atoms with Crippen LogP contribution in [0.3, 0.4) is 0 Å². The Labute approximate surface area is 153 Å². The molecule has 1 aromatic carbocycles. The number of hydrogen-bond donors (Lipinski definition) is 2. The smallest absolute Gasteiger partial charge is 0.220 e. The molecular weight excluding hydrogens is 353 g/mol. The number of aromatic nitrogens is 1. The number of nitrogens with one attached hydrogen (secondary N) is 1. The lowest BCUT2D eigenvalue weighted by molar-refractivity contribution is -0.121. The quantitative estimate of drug-likeness (QED) is 0.779. The number of rotatable bonds is 7. The molecular formula is C16H23Cl2N3OS. The molecule has 0 fully saturated rings. The first kappa shape index (κ1) is 21.9. The Kier molecular flexibility index (Phi) is 10.8. The van der Waals surface area contributed by atoms with E-state index in [2.05, 4.69) is 39.9 Å². The predicted molar refractivity (Wildman–Crippen MR) is 102 cm³/mol. The second-order valence-corrected chi connectivity index (χ2v) is 6.00. The van der Waals surface area contributed by atoms with Crippen molar-refractivity contribution in [3.63, 3.8) is 0 Å². The summed E-state index contributed by atoms with van der Waals surface area (Å²) in [7, 11) is 0. The summed E-state index contributed by atoms with van der Waals surface area (Å²) in [5, 5.41) is 6.06. The summed E-state index contributed by atoms with van der Waals surface area (Å²) < 4.78 is 0. The van der Waals surface area contributed by atoms with Crippen molar-refractivity contribution in [2.24, 2.45) is 5.73 Å². The fraction of sp³-hybridized carbons (Fsp3) is 0.375. The van der Waals surface area contributed by atoms with Crippen LogP contribution in [0.15, 0.2) is 29.6 Å². The van der Waals surface area contributed by atoms with E-state index in [9.17, 15) is 4.79 Å². The van der Waals surface area contributed by atoms with E-state index in [1.807, 2.05) is 6.92 Å². The van der Waals surface area contributed by atoms with Crippen molar-refractivity contribution in [1.29, 1.82) is 0 Å². The third-order valence-corrected chi connectivity index (χ3v) is 3.99. The van der Waals surface area contributed by atoms with Gasteiger partial charge in [-0.25, -0.2) is 4.98 Å². The van der Waals surface area contributed by atoms with Gasteiger partial charge in [0.25, 0.3) is 0 Å². The Morgan fingerprint density at radius 1 is 1.26 bits per heavy atom. The van der Waals surface area contributed by atoms with Gasteiger partial charge in [-0.1, -0.05) is 24.3 Å². The lowest BCUT2D eigenvalue weighted by Crippen LogP contribution is -2.25. The van der Waals surface area contributed by atoms with E-state index in [1.165, 1.54) is 5.56 Å². The summed E-state index contributed by atoms with van der Waals surface area (Å²) in [6.07, 6.45) is 2.09. The molecule has 1 aromatic heterocycles. The highest BCUT2D eigenvalue weighted by atomic mass is 35.5. The molecule has 0 bridgehead atoms. The van der Waals surface area contributed by atoms with E-state index >= 15 is 0 Å². The highest BCUT2D eigenvalue weighted by molar-refractivity contribution is 7.09. The maximum Gasteiger partial charge on any atom is 0.220 e. The van der Waals surface area contributed by atoms with Gasteiger partial charge in [0.15, 0.2) is 0 Å². The number of amides is 1. The van der Waals surface area contributed by atoms with Gasteiger partial charge in [-0.2, -0.15) is 0 Å². The molecule has 0 saturated heterocycles. The van der Waals surface area contributed by atoms with Crippen LogP contribution in [0.1, 0.15) is 23.4 Å². The molecule has 0 atom stereocenters. The Morgan fingerprint density at radius 3 is 2.52 bits per heavy atom. The minimum absolute atomic E-state index is 0. The minimum Gasteiger partial charge on any atom is -0.356 e. The molecule has 2 rings (SSSR count). The third-order valence-electron chi connectivity index (χ3n) is 3.21. The fourth-order valence-electron chi connectivity index (χ4n) is 2.04. The SMILES string of the molecule is Cc1nc(-c2ccc(CCNC(=O)CCCN)cc2)cs1.Cl.Cl. The van der Waals surface area contributed by atoms with Gasteiger partial charge < -0.3 is 11.1 Å². The molecule has 7 heteroatoms. The zero-order valence-electron chi connectivity index (χ0n) is 13.1. The van der Waals surface area contributed by atoms with Crippen LogP contribution in [-0.2, 0) is 11.2 Å². The summed E-state index contributed by atoms with van der Waals surface area (Å²) in [6, 6.07) is 8.35. The standard InChI is InChI=1S/C16H21N3OS.2ClH/c1-12-19-15(11-21-12)14-6-4-13(5-7-14)8-10-18-16(20)3-2-9-17;;/h4-7,11H,2-3,8-10,17H2,1H3,(H,18,20);2*1H. The number of benzene rings is 1. The van der Waals surface area contributed by atoms with Gasteiger partial charge in [0.05, 0.1) is 10.7 Å². The number of nitrogens with two attached hydrogens (primary N) is 1. The number of carbonyl (C=O) groups excluding carboxylic acids is 1. The Hall–Kier alpha value is -1.14. The van der Waals surface area contributed by atoms with Gasteiger partial charge in [0.2, 0.25) is 5.91 Å². The first-order valence-electron chi connectivity index (χ1n) is 7.17. The summed E-state index contributed by atoms with van der Waals surface area (Å²) in [5.41, 5.74) is 8.75. The largest absolute Gasteiger partial charge is 0.356 e. The topological polar surface area (TPSA) is 68.0 Å². The number of aryl methyl sites for hydroxylation is 1. The molecule has 0 spiro atoms. The maximum absolute atomic E-state index is 11.5. The van der Waals surface area contributed by atoms with Crippen molar-refractivity contribution in [1.82, 2.24) is 10.3 Å². The Bertz CT molecular complexity index is 587. The van der Waals surface area contributed by atoms with Crippen molar-refractivity contribution in [3.8, 4) is 11.3 Å². The van der Waals surface area contributed by atoms with E-state index < -0.39 is 0 Å². The molecule has 23 heavy (non-hydrogen) atoms. The molecule has 0 unspecified atom stereocenters. The van der Waals surface area contributed by atoms with Gasteiger partial charge >= 0.3 is 0 Å². The van der Waals surface area contributed by atoms with Crippen LogP contribution in [0.4, 0.5) is 0 Å². The Balaban J connectivity index is 0.00000242. The lowest BCUT2D eigenvalue weighted by atomic mass is 10.1. The van der Waals surface area contributed by atoms with Crippen molar-refractivity contribution in [2.45, 2.75) is 26.2 Å². The van der Waals surface area contributed by atoms with Gasteiger partial charge in [-0.05, 0) is 31.9 Å². The van der Waals surface area contributed by atoms with Crippen molar-refractivity contribution in [3.05, 3.63) is 40.2 Å². The van der Waals surface area contributed by atoms with Crippen LogP contribution in [-0.4, -0.2) is 24.0 Å². The number of thiazole rings is 1. The molecule has 0 aliphatic carbocycles. The zero-order valence-corrected chi connectivity index (χ0v) is 15.5. The van der Waals surface area contributed by atoms with Crippen LogP contribution in [0, 0.1) is 6.92 Å². The number of hydrogen-bond acceptors (Lipinski definition) is 4. The van der Waals surface area contributed by atoms with Gasteiger partial charge in [-0.3, -0.25) is 4.79 Å². The molecule has 0 aliphatic heterocycles. The van der Waals surface area contributed by atoms with Crippen LogP contribution in [0.2, 0.25) is 0 Å². The molecule has 0 radical (unpaired) electrons. The van der Waals surface area contributed by atoms with Crippen LogP contribution in [0.5, 0.6) is 0 Å². The second-order valence-electron chi connectivity index (χ2n) is 4.94. The van der Waals surface area contributed by atoms with E-state index in [0.717, 1.165) is 29.1 Å². The van der Waals surface area contributed by atoms with Crippen LogP contribution < -0.4 is 11.1 Å². The van der Waals surface area contributed by atoms with E-state index in [1.54, 1.807) is 11.3 Å². The van der Waals surface area contributed by atoms with Gasteiger partial charge in [0.1, 0.15) is 0 Å². The number of halogens is 2. The summed E-state index contributed by atoms with van der Waals surface area (Å²) in [6.45, 7) is 3.24. The minimum atomic E-state index is 0. The lowest BCUT2D eigenvalue weighted by Gasteiger charge is -2.05. The second kappa shape index (κ2) is 11.4. The van der Waals surface area contributed by atoms with Crippen molar-refractivity contribution in [2.75, 3.05) is 13.1 Å². The van der Waals surface area contributed by atoms with Gasteiger partial charge in [-0.15, -0.1) is 36.2 Å². The fourth-order valence-corrected chi connectivity index (χ4v) is 2.66. The summed E-state index contributed by atoms with van der Waals surface area (Å²) in [4.78, 5) is 15.9. The molecule has 1 heterocycles. The highest BCUT2D eigenvalue weighted by Crippen LogP contribution is 2.21. The van der Waals surface area contributed by atoms with E-state index in [4.69, 9.17) is 5.73 Å². The summed E-state index contributed by atoms with van der Waals surface area (Å²) in [5.74, 6) is 0.0787. The average Bonchev–Trinajstić information content (AvgIpc) is 2.92. The highest BCUT2D eigenvalue weighted by Gasteiger charge is 2.03. The predicted octanol–water partition coefficient (Wildman–Crippen LogP) is 3.36. The van der Waals surface area contributed by atoms with Crippen LogP contribution in [0.25, 0.3) is 11.3 Å². The van der Waals surface area contributed by atoms with E-state index in [0.29, 0.717) is 19.5 Å². The van der Waals surface area contributed by atoms with Crippen LogP contribution >= 0.6 is 36.2 Å². The molecule has 3 N–H and O–H groups in total. The number of carbonyl (C=O) groups is 1. The van der Waals surface area contributed by atoms with Crippen molar-refractivity contribution >= 4 is 42.1 Å². The average molecular weight is 376 g/mol. The van der Waals surface area contributed by atoms with Gasteiger partial charge in [0, 0.05) is 23.9 Å². The molecule has 1 amide bonds. The monoisotopic (exact) mass is 375 g/mol. The maximum atomic E-state index is 11.5. The summed E-state index contributed by atoms with van der Waals surface area (Å²) >= 11 is 1.66. The first-order chi connectivity index (χ1) is 10.2. The number of nitrogens with zero attached hydrogens (tertiary/aromatic N) is 1. The zero-order chi connectivity index (χ0) is 15.1.